The van der Waals surface area contributed by atoms with Gasteiger partial charge in [-0.05, 0) is 51.5 Å². The van der Waals surface area contributed by atoms with Crippen LogP contribution in [0.15, 0.2) is 16.6 Å². The van der Waals surface area contributed by atoms with E-state index in [4.69, 9.17) is 0 Å². The molecular weight excluding hydrogens is 387 g/mol. The van der Waals surface area contributed by atoms with Crippen LogP contribution in [-0.2, 0) is 0 Å². The van der Waals surface area contributed by atoms with E-state index in [0.717, 1.165) is 44.6 Å². The van der Waals surface area contributed by atoms with Crippen LogP contribution in [0, 0.1) is 0 Å². The van der Waals surface area contributed by atoms with Gasteiger partial charge in [0.15, 0.2) is 5.96 Å². The molecule has 2 rings (SSSR count). The summed E-state index contributed by atoms with van der Waals surface area (Å²) in [6.45, 7) is 6.50. The van der Waals surface area contributed by atoms with Crippen molar-refractivity contribution < 1.29 is 0 Å². The summed E-state index contributed by atoms with van der Waals surface area (Å²) in [5.74, 6) is 0.943. The van der Waals surface area contributed by atoms with Gasteiger partial charge in [-0.2, -0.15) is 0 Å². The zero-order valence-electron chi connectivity index (χ0n) is 14.2. The monoisotopic (exact) mass is 420 g/mol. The van der Waals surface area contributed by atoms with Gasteiger partial charge in [0.05, 0.1) is 0 Å². The van der Waals surface area contributed by atoms with Crippen molar-refractivity contribution in [1.29, 1.82) is 0 Å². The Labute approximate surface area is 153 Å². The SMILES string of the molecule is CCN(CCNC(=NC)NCCC1=CCCCC1)C1CC1.I. The Balaban J connectivity index is 0.00000242. The van der Waals surface area contributed by atoms with Crippen molar-refractivity contribution in [3.63, 3.8) is 0 Å². The van der Waals surface area contributed by atoms with E-state index in [9.17, 15) is 0 Å². The fourth-order valence-corrected chi connectivity index (χ4v) is 3.05. The smallest absolute Gasteiger partial charge is 0.191 e. The van der Waals surface area contributed by atoms with Gasteiger partial charge in [0.2, 0.25) is 0 Å². The quantitative estimate of drug-likeness (QED) is 0.274. The molecule has 0 spiro atoms. The second-order valence-electron chi connectivity index (χ2n) is 6.14. The van der Waals surface area contributed by atoms with E-state index >= 15 is 0 Å². The summed E-state index contributed by atoms with van der Waals surface area (Å²) in [6.07, 6.45) is 11.7. The second kappa shape index (κ2) is 11.3. The number of rotatable bonds is 8. The predicted octanol–water partition coefficient (Wildman–Crippen LogP) is 3.14. The molecule has 1 saturated carbocycles. The van der Waals surface area contributed by atoms with Crippen molar-refractivity contribution in [2.24, 2.45) is 4.99 Å². The lowest BCUT2D eigenvalue weighted by Gasteiger charge is -2.21. The molecule has 0 aromatic rings. The van der Waals surface area contributed by atoms with Crippen LogP contribution in [0.2, 0.25) is 0 Å². The summed E-state index contributed by atoms with van der Waals surface area (Å²) >= 11 is 0. The van der Waals surface area contributed by atoms with Crippen LogP contribution in [0.3, 0.4) is 0 Å². The van der Waals surface area contributed by atoms with Gasteiger partial charge in [0.25, 0.3) is 0 Å². The Kier molecular flexibility index (Phi) is 10.1. The van der Waals surface area contributed by atoms with Crippen molar-refractivity contribution in [2.75, 3.05) is 33.2 Å². The lowest BCUT2D eigenvalue weighted by atomic mass is 9.97. The molecule has 0 bridgehead atoms. The Hall–Kier alpha value is -0.300. The molecular formula is C17H33IN4. The average Bonchev–Trinajstić information content (AvgIpc) is 3.35. The van der Waals surface area contributed by atoms with E-state index < -0.39 is 0 Å². The highest BCUT2D eigenvalue weighted by Crippen LogP contribution is 2.25. The largest absolute Gasteiger partial charge is 0.356 e. The molecule has 0 atom stereocenters. The van der Waals surface area contributed by atoms with Crippen LogP contribution in [0.4, 0.5) is 0 Å². The fraction of sp³-hybridized carbons (Fsp3) is 0.824. The van der Waals surface area contributed by atoms with Crippen molar-refractivity contribution in [3.05, 3.63) is 11.6 Å². The summed E-state index contributed by atoms with van der Waals surface area (Å²) in [7, 11) is 1.85. The molecule has 2 N–H and O–H groups in total. The molecule has 5 heteroatoms. The number of nitrogens with zero attached hydrogens (tertiary/aromatic N) is 2. The van der Waals surface area contributed by atoms with E-state index in [0.29, 0.717) is 0 Å². The molecule has 1 fully saturated rings. The molecule has 0 aliphatic heterocycles. The van der Waals surface area contributed by atoms with Crippen molar-refractivity contribution >= 4 is 29.9 Å². The van der Waals surface area contributed by atoms with Gasteiger partial charge < -0.3 is 10.6 Å². The molecule has 0 aromatic carbocycles. The maximum Gasteiger partial charge on any atom is 0.191 e. The topological polar surface area (TPSA) is 39.7 Å². The molecule has 0 radical (unpaired) electrons. The summed E-state index contributed by atoms with van der Waals surface area (Å²) in [4.78, 5) is 6.87. The van der Waals surface area contributed by atoms with Crippen molar-refractivity contribution in [2.45, 2.75) is 57.9 Å². The molecule has 0 aromatic heterocycles. The van der Waals surface area contributed by atoms with Gasteiger partial charge in [0.1, 0.15) is 0 Å². The van der Waals surface area contributed by atoms with Gasteiger partial charge in [-0.25, -0.2) is 0 Å². The third-order valence-electron chi connectivity index (χ3n) is 4.51. The third kappa shape index (κ3) is 7.31. The number of nitrogens with one attached hydrogen (secondary N) is 2. The van der Waals surface area contributed by atoms with E-state index in [1.54, 1.807) is 5.57 Å². The molecule has 0 saturated heterocycles. The van der Waals surface area contributed by atoms with E-state index in [2.05, 4.69) is 33.5 Å². The number of halogens is 1. The molecule has 0 amide bonds. The fourth-order valence-electron chi connectivity index (χ4n) is 3.05. The third-order valence-corrected chi connectivity index (χ3v) is 4.51. The zero-order valence-corrected chi connectivity index (χ0v) is 16.6. The first-order chi connectivity index (χ1) is 10.3. The highest BCUT2D eigenvalue weighted by atomic mass is 127. The van der Waals surface area contributed by atoms with Gasteiger partial charge in [-0.1, -0.05) is 18.6 Å². The summed E-state index contributed by atoms with van der Waals surface area (Å²) in [5, 5.41) is 6.87. The highest BCUT2D eigenvalue weighted by molar-refractivity contribution is 14.0. The summed E-state index contributed by atoms with van der Waals surface area (Å²) < 4.78 is 0. The first kappa shape index (κ1) is 19.7. The van der Waals surface area contributed by atoms with E-state index in [1.807, 2.05) is 7.05 Å². The standard InChI is InChI=1S/C17H32N4.HI/c1-3-21(16-9-10-16)14-13-20-17(18-2)19-12-11-15-7-5-4-6-8-15;/h7,16H,3-6,8-14H2,1-2H3,(H2,18,19,20);1H. The molecule has 2 aliphatic carbocycles. The maximum atomic E-state index is 4.31. The highest BCUT2D eigenvalue weighted by Gasteiger charge is 2.27. The minimum Gasteiger partial charge on any atom is -0.356 e. The van der Waals surface area contributed by atoms with Crippen LogP contribution >= 0.6 is 24.0 Å². The Morgan fingerprint density at radius 1 is 1.27 bits per heavy atom. The lowest BCUT2D eigenvalue weighted by molar-refractivity contribution is 0.282. The van der Waals surface area contributed by atoms with Gasteiger partial charge in [-0.15, -0.1) is 24.0 Å². The Bertz CT molecular complexity index is 364. The Morgan fingerprint density at radius 3 is 2.64 bits per heavy atom. The van der Waals surface area contributed by atoms with Gasteiger partial charge >= 0.3 is 0 Å². The molecule has 22 heavy (non-hydrogen) atoms. The van der Waals surface area contributed by atoms with Crippen LogP contribution < -0.4 is 10.6 Å². The van der Waals surface area contributed by atoms with Crippen LogP contribution in [0.25, 0.3) is 0 Å². The van der Waals surface area contributed by atoms with Crippen molar-refractivity contribution in [3.8, 4) is 0 Å². The van der Waals surface area contributed by atoms with Crippen molar-refractivity contribution in [1.82, 2.24) is 15.5 Å². The zero-order chi connectivity index (χ0) is 14.9. The molecule has 2 aliphatic rings. The number of guanidine groups is 1. The van der Waals surface area contributed by atoms with Gasteiger partial charge in [-0.3, -0.25) is 9.89 Å². The first-order valence-electron chi connectivity index (χ1n) is 8.70. The predicted molar refractivity (Wildman–Crippen MR) is 106 cm³/mol. The van der Waals surface area contributed by atoms with Crippen LogP contribution in [0.1, 0.15) is 51.9 Å². The number of hydrogen-bond acceptors (Lipinski definition) is 2. The minimum absolute atomic E-state index is 0. The van der Waals surface area contributed by atoms with E-state index in [-0.39, 0.29) is 24.0 Å². The summed E-state index contributed by atoms with van der Waals surface area (Å²) in [5.41, 5.74) is 1.62. The molecule has 0 unspecified atom stereocenters. The van der Waals surface area contributed by atoms with Crippen LogP contribution in [0.5, 0.6) is 0 Å². The molecule has 4 nitrogen and oxygen atoms in total. The summed E-state index contributed by atoms with van der Waals surface area (Å²) in [6, 6.07) is 0.852. The van der Waals surface area contributed by atoms with Gasteiger partial charge in [0, 0.05) is 32.7 Å². The second-order valence-corrected chi connectivity index (χ2v) is 6.14. The molecule has 0 heterocycles. The lowest BCUT2D eigenvalue weighted by Crippen LogP contribution is -2.42. The van der Waals surface area contributed by atoms with E-state index in [1.165, 1.54) is 38.5 Å². The normalized spacial score (nSPS) is 18.7. The Morgan fingerprint density at radius 2 is 2.05 bits per heavy atom. The minimum atomic E-state index is 0. The average molecular weight is 420 g/mol. The first-order valence-corrected chi connectivity index (χ1v) is 8.70. The number of likely N-dealkylation sites (N-methyl/N-ethyl adjacent to an activating group) is 1. The number of hydrogen-bond donors (Lipinski definition) is 2. The molecule has 128 valence electrons. The number of aliphatic imine (C=N–C) groups is 1. The number of allylic oxidation sites excluding steroid dienone is 1. The van der Waals surface area contributed by atoms with Crippen LogP contribution in [-0.4, -0.2) is 50.1 Å². The maximum absolute atomic E-state index is 4.31.